The minimum Gasteiger partial charge on any atom is -0.492 e. The van der Waals surface area contributed by atoms with Crippen LogP contribution in [-0.2, 0) is 16.0 Å². The van der Waals surface area contributed by atoms with Crippen LogP contribution >= 0.6 is 11.6 Å². The van der Waals surface area contributed by atoms with E-state index in [2.05, 4.69) is 0 Å². The Morgan fingerprint density at radius 1 is 1.43 bits per heavy atom. The predicted molar refractivity (Wildman–Crippen MR) is 84.7 cm³/mol. The normalized spacial score (nSPS) is 12.9. The maximum atomic E-state index is 11.7. The molecule has 0 heterocycles. The van der Waals surface area contributed by atoms with E-state index in [0.717, 1.165) is 12.0 Å². The molecule has 1 atom stereocenters. The van der Waals surface area contributed by atoms with Gasteiger partial charge >= 0.3 is 5.97 Å². The third-order valence-corrected chi connectivity index (χ3v) is 3.59. The Balaban J connectivity index is 2.85. The Kier molecular flexibility index (Phi) is 6.49. The number of carbonyl (C=O) groups is 1. The first-order chi connectivity index (χ1) is 9.80. The van der Waals surface area contributed by atoms with Crippen LogP contribution in [0.1, 0.15) is 32.8 Å². The summed E-state index contributed by atoms with van der Waals surface area (Å²) in [4.78, 5) is 11.7. The average molecular weight is 314 g/mol. The molecular formula is C16H24ClNO3. The van der Waals surface area contributed by atoms with Crippen molar-refractivity contribution in [2.45, 2.75) is 39.7 Å². The fraction of sp³-hybridized carbons (Fsp3) is 0.562. The highest BCUT2D eigenvalue weighted by molar-refractivity contribution is 6.30. The van der Waals surface area contributed by atoms with Crippen molar-refractivity contribution in [3.63, 3.8) is 0 Å². The van der Waals surface area contributed by atoms with Crippen LogP contribution < -0.4 is 10.5 Å². The van der Waals surface area contributed by atoms with Crippen LogP contribution in [0.25, 0.3) is 0 Å². The number of hydrogen-bond donors (Lipinski definition) is 1. The minimum atomic E-state index is -0.710. The Bertz CT molecular complexity index is 488. The van der Waals surface area contributed by atoms with Crippen LogP contribution in [0.5, 0.6) is 5.75 Å². The second-order valence-corrected chi connectivity index (χ2v) is 6.23. The van der Waals surface area contributed by atoms with Crippen molar-refractivity contribution >= 4 is 17.6 Å². The molecular weight excluding hydrogens is 290 g/mol. The van der Waals surface area contributed by atoms with E-state index in [-0.39, 0.29) is 18.6 Å². The van der Waals surface area contributed by atoms with Crippen molar-refractivity contribution in [2.75, 3.05) is 13.7 Å². The maximum Gasteiger partial charge on any atom is 0.314 e. The summed E-state index contributed by atoms with van der Waals surface area (Å²) in [5, 5.41) is 0.646. The molecule has 0 aliphatic heterocycles. The quantitative estimate of drug-likeness (QED) is 0.785. The molecule has 118 valence electrons. The molecule has 0 saturated carbocycles. The molecule has 0 amide bonds. The molecule has 0 spiro atoms. The molecule has 0 bridgehead atoms. The molecule has 0 saturated heterocycles. The van der Waals surface area contributed by atoms with Gasteiger partial charge in [0.1, 0.15) is 12.4 Å². The second-order valence-electron chi connectivity index (χ2n) is 5.79. The van der Waals surface area contributed by atoms with E-state index in [4.69, 9.17) is 26.8 Å². The van der Waals surface area contributed by atoms with Gasteiger partial charge in [0.05, 0.1) is 12.5 Å². The van der Waals surface area contributed by atoms with E-state index in [1.807, 2.05) is 19.1 Å². The van der Waals surface area contributed by atoms with Crippen LogP contribution in [0.4, 0.5) is 0 Å². The summed E-state index contributed by atoms with van der Waals surface area (Å²) in [7, 11) is 1.37. The fourth-order valence-corrected chi connectivity index (χ4v) is 2.06. The molecule has 1 aromatic rings. The molecule has 1 aromatic carbocycles. The molecule has 0 radical (unpaired) electrons. The van der Waals surface area contributed by atoms with Crippen LogP contribution in [0.2, 0.25) is 5.02 Å². The molecule has 1 rings (SSSR count). The first kappa shape index (κ1) is 17.8. The van der Waals surface area contributed by atoms with Gasteiger partial charge in [-0.25, -0.2) is 0 Å². The third kappa shape index (κ3) is 5.21. The van der Waals surface area contributed by atoms with Crippen LogP contribution in [-0.4, -0.2) is 25.7 Å². The number of esters is 1. The lowest BCUT2D eigenvalue weighted by Crippen LogP contribution is -2.32. The molecule has 5 heteroatoms. The number of rotatable bonds is 7. The van der Waals surface area contributed by atoms with E-state index < -0.39 is 5.41 Å². The van der Waals surface area contributed by atoms with Gasteiger partial charge in [-0.15, -0.1) is 0 Å². The van der Waals surface area contributed by atoms with Crippen LogP contribution in [0.15, 0.2) is 18.2 Å². The van der Waals surface area contributed by atoms with E-state index in [9.17, 15) is 4.79 Å². The fourth-order valence-electron chi connectivity index (χ4n) is 1.87. The number of nitrogens with two attached hydrogens (primary N) is 1. The van der Waals surface area contributed by atoms with E-state index in [0.29, 0.717) is 17.2 Å². The molecule has 21 heavy (non-hydrogen) atoms. The Hall–Kier alpha value is -1.26. The summed E-state index contributed by atoms with van der Waals surface area (Å²) < 4.78 is 10.6. The highest BCUT2D eigenvalue weighted by Gasteiger charge is 2.30. The Morgan fingerprint density at radius 3 is 2.67 bits per heavy atom. The predicted octanol–water partition coefficient (Wildman–Crippen LogP) is 3.20. The molecule has 4 nitrogen and oxygen atoms in total. The number of methoxy groups -OCH3 is 1. The highest BCUT2D eigenvalue weighted by Crippen LogP contribution is 2.27. The zero-order valence-corrected chi connectivity index (χ0v) is 13.9. The molecule has 0 fully saturated rings. The summed E-state index contributed by atoms with van der Waals surface area (Å²) in [6.45, 7) is 5.84. The van der Waals surface area contributed by atoms with Crippen molar-refractivity contribution < 1.29 is 14.3 Å². The lowest BCUT2D eigenvalue weighted by molar-refractivity contribution is -0.152. The largest absolute Gasteiger partial charge is 0.492 e. The van der Waals surface area contributed by atoms with Gasteiger partial charge in [0.2, 0.25) is 0 Å². The van der Waals surface area contributed by atoms with Gasteiger partial charge in [-0.2, -0.15) is 0 Å². The van der Waals surface area contributed by atoms with Crippen molar-refractivity contribution in [1.29, 1.82) is 0 Å². The summed E-state index contributed by atoms with van der Waals surface area (Å²) in [6.07, 6.45) is 1.56. The maximum absolute atomic E-state index is 11.7. The van der Waals surface area contributed by atoms with Gasteiger partial charge in [-0.3, -0.25) is 4.79 Å². The van der Waals surface area contributed by atoms with Crippen molar-refractivity contribution in [3.05, 3.63) is 28.8 Å². The summed E-state index contributed by atoms with van der Waals surface area (Å²) >= 11 is 6.04. The van der Waals surface area contributed by atoms with Gasteiger partial charge in [-0.1, -0.05) is 18.5 Å². The SMILES string of the molecule is CCC(N)Cc1cc(Cl)ccc1OCC(C)(C)C(=O)OC. The number of hydrogen-bond acceptors (Lipinski definition) is 4. The van der Waals surface area contributed by atoms with E-state index in [1.165, 1.54) is 7.11 Å². The first-order valence-corrected chi connectivity index (χ1v) is 7.43. The lowest BCUT2D eigenvalue weighted by Gasteiger charge is -2.23. The Labute approximate surface area is 131 Å². The standard InChI is InChI=1S/C16H24ClNO3/c1-5-13(18)9-11-8-12(17)6-7-14(11)21-10-16(2,3)15(19)20-4/h6-8,13H,5,9-10,18H2,1-4H3. The zero-order valence-electron chi connectivity index (χ0n) is 13.1. The van der Waals surface area contributed by atoms with Crippen LogP contribution in [0, 0.1) is 5.41 Å². The smallest absolute Gasteiger partial charge is 0.314 e. The minimum absolute atomic E-state index is 0.0550. The van der Waals surface area contributed by atoms with E-state index in [1.54, 1.807) is 19.9 Å². The van der Waals surface area contributed by atoms with Crippen molar-refractivity contribution in [2.24, 2.45) is 11.1 Å². The average Bonchev–Trinajstić information content (AvgIpc) is 2.45. The third-order valence-electron chi connectivity index (χ3n) is 3.36. The number of ether oxygens (including phenoxy) is 2. The monoisotopic (exact) mass is 313 g/mol. The topological polar surface area (TPSA) is 61.5 Å². The lowest BCUT2D eigenvalue weighted by atomic mass is 9.95. The van der Waals surface area contributed by atoms with Gasteiger partial charge in [0, 0.05) is 11.1 Å². The van der Waals surface area contributed by atoms with E-state index >= 15 is 0 Å². The van der Waals surface area contributed by atoms with Crippen molar-refractivity contribution in [3.8, 4) is 5.75 Å². The van der Waals surface area contributed by atoms with Gasteiger partial charge in [0.25, 0.3) is 0 Å². The summed E-state index contributed by atoms with van der Waals surface area (Å²) in [6, 6.07) is 5.49. The molecule has 2 N–H and O–H groups in total. The second kappa shape index (κ2) is 7.66. The highest BCUT2D eigenvalue weighted by atomic mass is 35.5. The first-order valence-electron chi connectivity index (χ1n) is 7.05. The van der Waals surface area contributed by atoms with Gasteiger partial charge in [-0.05, 0) is 50.5 Å². The molecule has 0 aliphatic carbocycles. The number of benzene rings is 1. The summed E-state index contributed by atoms with van der Waals surface area (Å²) in [5.74, 6) is 0.406. The molecule has 0 aliphatic rings. The zero-order chi connectivity index (χ0) is 16.0. The number of carbonyl (C=O) groups excluding carboxylic acids is 1. The number of halogens is 1. The van der Waals surface area contributed by atoms with Crippen molar-refractivity contribution in [1.82, 2.24) is 0 Å². The molecule has 0 aromatic heterocycles. The molecule has 1 unspecified atom stereocenters. The van der Waals surface area contributed by atoms with Gasteiger partial charge in [0.15, 0.2) is 0 Å². The van der Waals surface area contributed by atoms with Gasteiger partial charge < -0.3 is 15.2 Å². The van der Waals surface area contributed by atoms with Crippen LogP contribution in [0.3, 0.4) is 0 Å². The summed E-state index contributed by atoms with van der Waals surface area (Å²) in [5.41, 5.74) is 6.25. The Morgan fingerprint density at radius 2 is 2.10 bits per heavy atom.